The maximum absolute atomic E-state index is 9.37. The molecule has 0 aliphatic carbocycles. The summed E-state index contributed by atoms with van der Waals surface area (Å²) in [5.41, 5.74) is 2.15. The topological polar surface area (TPSA) is 23.5 Å². The average Bonchev–Trinajstić information content (AvgIpc) is 2.31. The highest BCUT2D eigenvalue weighted by Crippen LogP contribution is 2.25. The SMILES string of the molecule is CCCCN(CC)c1ccc(Br)cc1CO. The van der Waals surface area contributed by atoms with Crippen LogP contribution in [0.3, 0.4) is 0 Å². The first-order valence-electron chi connectivity index (χ1n) is 5.87. The number of nitrogens with zero attached hydrogens (tertiary/aromatic N) is 1. The van der Waals surface area contributed by atoms with E-state index in [2.05, 4.69) is 40.7 Å². The van der Waals surface area contributed by atoms with Crippen molar-refractivity contribution in [2.45, 2.75) is 33.3 Å². The Bertz CT molecular complexity index is 328. The second-order valence-electron chi connectivity index (χ2n) is 3.86. The Morgan fingerprint density at radius 1 is 1.31 bits per heavy atom. The van der Waals surface area contributed by atoms with E-state index in [-0.39, 0.29) is 6.61 Å². The summed E-state index contributed by atoms with van der Waals surface area (Å²) < 4.78 is 1.02. The van der Waals surface area contributed by atoms with Gasteiger partial charge in [-0.15, -0.1) is 0 Å². The van der Waals surface area contributed by atoms with Crippen molar-refractivity contribution >= 4 is 21.6 Å². The van der Waals surface area contributed by atoms with Crippen LogP contribution in [-0.2, 0) is 6.61 Å². The van der Waals surface area contributed by atoms with Crippen LogP contribution in [-0.4, -0.2) is 18.2 Å². The van der Waals surface area contributed by atoms with Crippen molar-refractivity contribution in [1.29, 1.82) is 0 Å². The molecule has 1 N–H and O–H groups in total. The molecule has 1 aromatic carbocycles. The van der Waals surface area contributed by atoms with E-state index in [9.17, 15) is 5.11 Å². The van der Waals surface area contributed by atoms with Crippen LogP contribution in [0.25, 0.3) is 0 Å². The van der Waals surface area contributed by atoms with E-state index in [1.807, 2.05) is 12.1 Å². The highest BCUT2D eigenvalue weighted by atomic mass is 79.9. The first kappa shape index (κ1) is 13.5. The van der Waals surface area contributed by atoms with Crippen LogP contribution >= 0.6 is 15.9 Å². The fraction of sp³-hybridized carbons (Fsp3) is 0.538. The third kappa shape index (κ3) is 3.49. The molecule has 2 nitrogen and oxygen atoms in total. The molecule has 0 amide bonds. The molecular formula is C13H20BrNO. The lowest BCUT2D eigenvalue weighted by Gasteiger charge is -2.25. The van der Waals surface area contributed by atoms with Crippen LogP contribution in [0.5, 0.6) is 0 Å². The minimum absolute atomic E-state index is 0.0946. The lowest BCUT2D eigenvalue weighted by molar-refractivity contribution is 0.282. The quantitative estimate of drug-likeness (QED) is 0.864. The summed E-state index contributed by atoms with van der Waals surface area (Å²) >= 11 is 3.43. The Morgan fingerprint density at radius 3 is 2.62 bits per heavy atom. The molecular weight excluding hydrogens is 266 g/mol. The molecule has 0 aliphatic rings. The van der Waals surface area contributed by atoms with Gasteiger partial charge < -0.3 is 10.0 Å². The Kier molecular flexibility index (Phi) is 5.85. The molecule has 0 unspecified atom stereocenters. The lowest BCUT2D eigenvalue weighted by Crippen LogP contribution is -2.25. The van der Waals surface area contributed by atoms with Crippen LogP contribution in [0.4, 0.5) is 5.69 Å². The van der Waals surface area contributed by atoms with E-state index < -0.39 is 0 Å². The molecule has 1 rings (SSSR count). The van der Waals surface area contributed by atoms with Crippen LogP contribution < -0.4 is 4.90 Å². The summed E-state index contributed by atoms with van der Waals surface area (Å²) in [7, 11) is 0. The van der Waals surface area contributed by atoms with E-state index in [4.69, 9.17) is 0 Å². The number of rotatable bonds is 6. The van der Waals surface area contributed by atoms with Gasteiger partial charge in [-0.25, -0.2) is 0 Å². The maximum atomic E-state index is 9.37. The van der Waals surface area contributed by atoms with Crippen LogP contribution in [0.15, 0.2) is 22.7 Å². The Balaban J connectivity index is 2.90. The van der Waals surface area contributed by atoms with Crippen LogP contribution in [0.2, 0.25) is 0 Å². The highest BCUT2D eigenvalue weighted by Gasteiger charge is 2.09. The molecule has 3 heteroatoms. The van der Waals surface area contributed by atoms with E-state index in [1.165, 1.54) is 12.8 Å². The number of aliphatic hydroxyl groups excluding tert-OH is 1. The zero-order chi connectivity index (χ0) is 12.0. The fourth-order valence-electron chi connectivity index (χ4n) is 1.79. The van der Waals surface area contributed by atoms with Gasteiger partial charge in [0.15, 0.2) is 0 Å². The molecule has 0 atom stereocenters. The van der Waals surface area contributed by atoms with Gasteiger partial charge in [0.05, 0.1) is 6.61 Å². The molecule has 0 fully saturated rings. The van der Waals surface area contributed by atoms with Crippen molar-refractivity contribution < 1.29 is 5.11 Å². The predicted molar refractivity (Wildman–Crippen MR) is 72.9 cm³/mol. The largest absolute Gasteiger partial charge is 0.392 e. The summed E-state index contributed by atoms with van der Waals surface area (Å²) in [5.74, 6) is 0. The van der Waals surface area contributed by atoms with Crippen molar-refractivity contribution in [3.05, 3.63) is 28.2 Å². The van der Waals surface area contributed by atoms with E-state index >= 15 is 0 Å². The fourth-order valence-corrected chi connectivity index (χ4v) is 2.20. The third-order valence-electron chi connectivity index (χ3n) is 2.72. The first-order chi connectivity index (χ1) is 7.72. The van der Waals surface area contributed by atoms with Crippen molar-refractivity contribution in [3.8, 4) is 0 Å². The molecule has 1 aromatic rings. The van der Waals surface area contributed by atoms with Gasteiger partial charge in [-0.3, -0.25) is 0 Å². The number of benzene rings is 1. The van der Waals surface area contributed by atoms with Gasteiger partial charge in [0, 0.05) is 28.8 Å². The zero-order valence-corrected chi connectivity index (χ0v) is 11.6. The summed E-state index contributed by atoms with van der Waals surface area (Å²) in [6.07, 6.45) is 2.39. The molecule has 0 radical (unpaired) electrons. The summed E-state index contributed by atoms with van der Waals surface area (Å²) in [4.78, 5) is 2.32. The molecule has 0 bridgehead atoms. The Morgan fingerprint density at radius 2 is 2.06 bits per heavy atom. The first-order valence-corrected chi connectivity index (χ1v) is 6.66. The summed E-state index contributed by atoms with van der Waals surface area (Å²) in [6, 6.07) is 6.10. The van der Waals surface area contributed by atoms with Gasteiger partial charge in [-0.1, -0.05) is 29.3 Å². The van der Waals surface area contributed by atoms with Gasteiger partial charge >= 0.3 is 0 Å². The number of hydrogen-bond donors (Lipinski definition) is 1. The Labute approximate surface area is 106 Å². The van der Waals surface area contributed by atoms with Crippen molar-refractivity contribution in [3.63, 3.8) is 0 Å². The normalized spacial score (nSPS) is 10.5. The molecule has 16 heavy (non-hydrogen) atoms. The highest BCUT2D eigenvalue weighted by molar-refractivity contribution is 9.10. The van der Waals surface area contributed by atoms with Gasteiger partial charge in [-0.2, -0.15) is 0 Å². The van der Waals surface area contributed by atoms with E-state index in [0.29, 0.717) is 0 Å². The van der Waals surface area contributed by atoms with Crippen LogP contribution in [0.1, 0.15) is 32.3 Å². The maximum Gasteiger partial charge on any atom is 0.0702 e. The van der Waals surface area contributed by atoms with E-state index in [1.54, 1.807) is 0 Å². The molecule has 0 saturated carbocycles. The Hall–Kier alpha value is -0.540. The molecule has 0 heterocycles. The predicted octanol–water partition coefficient (Wildman–Crippen LogP) is 3.57. The standard InChI is InChI=1S/C13H20BrNO/c1-3-5-8-15(4-2)13-7-6-12(14)9-11(13)10-16/h6-7,9,16H,3-5,8,10H2,1-2H3. The number of unbranched alkanes of at least 4 members (excludes halogenated alkanes) is 1. The number of halogens is 1. The summed E-state index contributed by atoms with van der Waals surface area (Å²) in [6.45, 7) is 6.48. The molecule has 0 spiro atoms. The van der Waals surface area contributed by atoms with Gasteiger partial charge in [-0.05, 0) is 31.5 Å². The second kappa shape index (κ2) is 6.92. The number of hydrogen-bond acceptors (Lipinski definition) is 2. The lowest BCUT2D eigenvalue weighted by atomic mass is 10.1. The number of anilines is 1. The zero-order valence-electron chi connectivity index (χ0n) is 10.0. The summed E-state index contributed by atoms with van der Waals surface area (Å²) in [5, 5.41) is 9.37. The molecule has 0 aromatic heterocycles. The minimum Gasteiger partial charge on any atom is -0.392 e. The van der Waals surface area contributed by atoms with E-state index in [0.717, 1.165) is 28.8 Å². The van der Waals surface area contributed by atoms with Gasteiger partial charge in [0.25, 0.3) is 0 Å². The second-order valence-corrected chi connectivity index (χ2v) is 4.78. The monoisotopic (exact) mass is 285 g/mol. The average molecular weight is 286 g/mol. The van der Waals surface area contributed by atoms with Crippen molar-refractivity contribution in [2.75, 3.05) is 18.0 Å². The van der Waals surface area contributed by atoms with Crippen LogP contribution in [0, 0.1) is 0 Å². The van der Waals surface area contributed by atoms with Crippen molar-refractivity contribution in [1.82, 2.24) is 0 Å². The number of aliphatic hydroxyl groups is 1. The third-order valence-corrected chi connectivity index (χ3v) is 3.21. The molecule has 0 aliphatic heterocycles. The van der Waals surface area contributed by atoms with Crippen molar-refractivity contribution in [2.24, 2.45) is 0 Å². The minimum atomic E-state index is 0.0946. The molecule has 0 saturated heterocycles. The van der Waals surface area contributed by atoms with Gasteiger partial charge in [0.2, 0.25) is 0 Å². The van der Waals surface area contributed by atoms with Gasteiger partial charge in [0.1, 0.15) is 0 Å². The molecule has 90 valence electrons. The smallest absolute Gasteiger partial charge is 0.0702 e.